The standard InChI is InChI=1S/C16H14Cl2N4O2S/c1-21-13-11(15(23)22(2)16(21)24)19-10(12(17)18)14(20-13)25-8-9-6-4-3-5-7-9/h3-7,12H,8H2,1-2H3. The van der Waals surface area contributed by atoms with Crippen molar-refractivity contribution in [1.82, 2.24) is 19.1 Å². The summed E-state index contributed by atoms with van der Waals surface area (Å²) >= 11 is 13.5. The van der Waals surface area contributed by atoms with E-state index in [9.17, 15) is 9.59 Å². The summed E-state index contributed by atoms with van der Waals surface area (Å²) in [5.41, 5.74) is 0.690. The third-order valence-electron chi connectivity index (χ3n) is 3.69. The predicted octanol–water partition coefficient (Wildman–Crippen LogP) is 2.80. The van der Waals surface area contributed by atoms with Gasteiger partial charge < -0.3 is 0 Å². The minimum absolute atomic E-state index is 0.0648. The van der Waals surface area contributed by atoms with E-state index in [4.69, 9.17) is 23.2 Å². The normalized spacial score (nSPS) is 11.4. The molecule has 9 heteroatoms. The number of aromatic nitrogens is 4. The number of halogens is 2. The number of fused-ring (bicyclic) bond motifs is 1. The van der Waals surface area contributed by atoms with Crippen molar-refractivity contribution in [2.24, 2.45) is 14.1 Å². The van der Waals surface area contributed by atoms with Gasteiger partial charge in [0.2, 0.25) is 0 Å². The Hall–Kier alpha value is -1.83. The van der Waals surface area contributed by atoms with Crippen molar-refractivity contribution in [3.63, 3.8) is 0 Å². The van der Waals surface area contributed by atoms with Crippen molar-refractivity contribution in [3.05, 3.63) is 62.4 Å². The van der Waals surface area contributed by atoms with Gasteiger partial charge in [-0.05, 0) is 5.56 Å². The predicted molar refractivity (Wildman–Crippen MR) is 100 cm³/mol. The van der Waals surface area contributed by atoms with Crippen LogP contribution in [-0.2, 0) is 19.8 Å². The first kappa shape index (κ1) is 18.0. The molecule has 0 aliphatic heterocycles. The van der Waals surface area contributed by atoms with E-state index in [-0.39, 0.29) is 11.2 Å². The van der Waals surface area contributed by atoms with E-state index >= 15 is 0 Å². The molecule has 25 heavy (non-hydrogen) atoms. The van der Waals surface area contributed by atoms with Crippen LogP contribution in [0.5, 0.6) is 0 Å². The van der Waals surface area contributed by atoms with E-state index in [1.165, 1.54) is 23.4 Å². The molecule has 3 aromatic rings. The van der Waals surface area contributed by atoms with E-state index in [1.54, 1.807) is 7.05 Å². The van der Waals surface area contributed by atoms with Crippen LogP contribution in [0.4, 0.5) is 0 Å². The second kappa shape index (κ2) is 7.19. The Morgan fingerprint density at radius 2 is 1.76 bits per heavy atom. The molecule has 0 fully saturated rings. The van der Waals surface area contributed by atoms with Gasteiger partial charge in [0.15, 0.2) is 16.0 Å². The topological polar surface area (TPSA) is 69.8 Å². The molecule has 1 aromatic carbocycles. The lowest BCUT2D eigenvalue weighted by molar-refractivity contribution is 0.699. The molecule has 0 aliphatic carbocycles. The summed E-state index contributed by atoms with van der Waals surface area (Å²) in [6.07, 6.45) is 0. The minimum Gasteiger partial charge on any atom is -0.279 e. The van der Waals surface area contributed by atoms with Gasteiger partial charge in [0, 0.05) is 19.8 Å². The van der Waals surface area contributed by atoms with Gasteiger partial charge >= 0.3 is 5.69 Å². The van der Waals surface area contributed by atoms with Crippen LogP contribution in [0.3, 0.4) is 0 Å². The van der Waals surface area contributed by atoms with Crippen molar-refractivity contribution < 1.29 is 0 Å². The molecule has 0 bridgehead atoms. The Bertz CT molecular complexity index is 1050. The monoisotopic (exact) mass is 396 g/mol. The summed E-state index contributed by atoms with van der Waals surface area (Å²) in [6, 6.07) is 9.82. The molecule has 0 amide bonds. The van der Waals surface area contributed by atoms with Gasteiger partial charge in [-0.15, -0.1) is 0 Å². The Morgan fingerprint density at radius 1 is 1.08 bits per heavy atom. The third-order valence-corrected chi connectivity index (χ3v) is 5.16. The SMILES string of the molecule is Cn1c(=O)c2nc(C(Cl)Cl)c(SCc3ccccc3)nc2n(C)c1=O. The van der Waals surface area contributed by atoms with Gasteiger partial charge in [-0.2, -0.15) is 0 Å². The highest BCUT2D eigenvalue weighted by Crippen LogP contribution is 2.33. The van der Waals surface area contributed by atoms with Gasteiger partial charge in [0.05, 0.1) is 0 Å². The Morgan fingerprint density at radius 3 is 2.40 bits per heavy atom. The van der Waals surface area contributed by atoms with Crippen LogP contribution in [0.25, 0.3) is 11.2 Å². The van der Waals surface area contributed by atoms with Gasteiger partial charge in [-0.1, -0.05) is 65.3 Å². The van der Waals surface area contributed by atoms with Crippen LogP contribution in [0, 0.1) is 0 Å². The molecule has 2 aromatic heterocycles. The van der Waals surface area contributed by atoms with Crippen LogP contribution in [0.15, 0.2) is 44.9 Å². The molecular formula is C16H14Cl2N4O2S. The zero-order valence-corrected chi connectivity index (χ0v) is 15.8. The zero-order chi connectivity index (χ0) is 18.1. The number of hydrogen-bond acceptors (Lipinski definition) is 5. The molecule has 0 saturated heterocycles. The maximum Gasteiger partial charge on any atom is 0.332 e. The number of benzene rings is 1. The summed E-state index contributed by atoms with van der Waals surface area (Å²) in [6.45, 7) is 0. The number of hydrogen-bond donors (Lipinski definition) is 0. The fourth-order valence-electron chi connectivity index (χ4n) is 2.34. The highest BCUT2D eigenvalue weighted by atomic mass is 35.5. The second-order valence-corrected chi connectivity index (χ2v) is 7.43. The second-order valence-electron chi connectivity index (χ2n) is 5.37. The Kier molecular flexibility index (Phi) is 5.17. The lowest BCUT2D eigenvalue weighted by Crippen LogP contribution is -2.38. The number of nitrogens with zero attached hydrogens (tertiary/aromatic N) is 4. The number of aryl methyl sites for hydroxylation is 1. The van der Waals surface area contributed by atoms with E-state index < -0.39 is 16.1 Å². The summed E-state index contributed by atoms with van der Waals surface area (Å²) in [5, 5.41) is 0.495. The molecule has 0 atom stereocenters. The summed E-state index contributed by atoms with van der Waals surface area (Å²) < 4.78 is 2.27. The Labute approximate surface area is 157 Å². The molecule has 0 unspecified atom stereocenters. The van der Waals surface area contributed by atoms with Crippen molar-refractivity contribution in [1.29, 1.82) is 0 Å². The summed E-state index contributed by atoms with van der Waals surface area (Å²) in [5.74, 6) is 0.632. The fraction of sp³-hybridized carbons (Fsp3) is 0.250. The molecule has 6 nitrogen and oxygen atoms in total. The molecule has 0 spiro atoms. The number of rotatable bonds is 4. The highest BCUT2D eigenvalue weighted by molar-refractivity contribution is 7.98. The minimum atomic E-state index is -0.933. The number of alkyl halides is 2. The third kappa shape index (κ3) is 3.44. The highest BCUT2D eigenvalue weighted by Gasteiger charge is 2.20. The first-order chi connectivity index (χ1) is 11.9. The van der Waals surface area contributed by atoms with E-state index in [0.717, 1.165) is 10.1 Å². The van der Waals surface area contributed by atoms with Gasteiger partial charge in [-0.3, -0.25) is 13.9 Å². The van der Waals surface area contributed by atoms with Crippen molar-refractivity contribution in [2.75, 3.05) is 0 Å². The molecule has 0 aliphatic rings. The van der Waals surface area contributed by atoms with Crippen LogP contribution < -0.4 is 11.2 Å². The lowest BCUT2D eigenvalue weighted by atomic mass is 10.2. The zero-order valence-electron chi connectivity index (χ0n) is 13.4. The summed E-state index contributed by atoms with van der Waals surface area (Å²) in [4.78, 5) is 32.3. The first-order valence-corrected chi connectivity index (χ1v) is 9.18. The number of thioether (sulfide) groups is 1. The van der Waals surface area contributed by atoms with E-state index in [0.29, 0.717) is 16.5 Å². The average Bonchev–Trinajstić information content (AvgIpc) is 2.63. The van der Waals surface area contributed by atoms with E-state index in [2.05, 4.69) is 9.97 Å². The molecule has 0 saturated carbocycles. The molecule has 130 valence electrons. The van der Waals surface area contributed by atoms with Crippen LogP contribution in [0.2, 0.25) is 0 Å². The van der Waals surface area contributed by atoms with Gasteiger partial charge in [0.1, 0.15) is 10.7 Å². The largest absolute Gasteiger partial charge is 0.332 e. The van der Waals surface area contributed by atoms with Crippen molar-refractivity contribution in [3.8, 4) is 0 Å². The quantitative estimate of drug-likeness (QED) is 0.500. The van der Waals surface area contributed by atoms with Crippen molar-refractivity contribution in [2.45, 2.75) is 15.6 Å². The van der Waals surface area contributed by atoms with Crippen LogP contribution in [0.1, 0.15) is 16.1 Å². The van der Waals surface area contributed by atoms with Gasteiger partial charge in [0.25, 0.3) is 5.56 Å². The molecular weight excluding hydrogens is 383 g/mol. The Balaban J connectivity index is 2.15. The molecule has 0 N–H and O–H groups in total. The molecule has 2 heterocycles. The van der Waals surface area contributed by atoms with Crippen LogP contribution >= 0.6 is 35.0 Å². The maximum atomic E-state index is 12.3. The lowest BCUT2D eigenvalue weighted by Gasteiger charge is -2.12. The van der Waals surface area contributed by atoms with Crippen LogP contribution in [-0.4, -0.2) is 19.1 Å². The van der Waals surface area contributed by atoms with E-state index in [1.807, 2.05) is 30.3 Å². The molecule has 0 radical (unpaired) electrons. The van der Waals surface area contributed by atoms with Crippen molar-refractivity contribution >= 4 is 46.1 Å². The van der Waals surface area contributed by atoms with Gasteiger partial charge in [-0.25, -0.2) is 14.8 Å². The first-order valence-electron chi connectivity index (χ1n) is 7.32. The summed E-state index contributed by atoms with van der Waals surface area (Å²) in [7, 11) is 2.94. The smallest absolute Gasteiger partial charge is 0.279 e. The average molecular weight is 397 g/mol. The molecule has 3 rings (SSSR count). The fourth-order valence-corrected chi connectivity index (χ4v) is 3.73. The maximum absolute atomic E-state index is 12.3.